The summed E-state index contributed by atoms with van der Waals surface area (Å²) in [5, 5.41) is 16.0. The van der Waals surface area contributed by atoms with Gasteiger partial charge in [-0.05, 0) is 37.2 Å². The zero-order valence-corrected chi connectivity index (χ0v) is 18.3. The first-order valence-electron chi connectivity index (χ1n) is 9.44. The summed E-state index contributed by atoms with van der Waals surface area (Å²) >= 11 is 6.84. The van der Waals surface area contributed by atoms with Gasteiger partial charge in [0.25, 0.3) is 0 Å². The molecule has 0 bridgehead atoms. The lowest BCUT2D eigenvalue weighted by Gasteiger charge is -2.33. The molecule has 1 atom stereocenters. The number of aliphatic hydroxyl groups excluding tert-OH is 1. The highest BCUT2D eigenvalue weighted by Gasteiger charge is 2.35. The molecule has 0 unspecified atom stereocenters. The van der Waals surface area contributed by atoms with E-state index in [9.17, 15) is 9.90 Å². The average molecular weight is 437 g/mol. The van der Waals surface area contributed by atoms with Crippen LogP contribution in [0.3, 0.4) is 0 Å². The predicted octanol–water partition coefficient (Wildman–Crippen LogP) is 2.71. The van der Waals surface area contributed by atoms with Gasteiger partial charge in [-0.25, -0.2) is 4.68 Å². The first kappa shape index (κ1) is 20.3. The van der Waals surface area contributed by atoms with Crippen molar-refractivity contribution in [3.8, 4) is 11.5 Å². The smallest absolute Gasteiger partial charge is 0.225 e. The van der Waals surface area contributed by atoms with Crippen LogP contribution in [0.1, 0.15) is 37.0 Å². The minimum Gasteiger partial charge on any atom is -0.496 e. The number of aromatic nitrogens is 2. The highest BCUT2D eigenvalue weighted by molar-refractivity contribution is 7.73. The Hall–Kier alpha value is -2.01. The normalized spacial score (nSPS) is 19.0. The Morgan fingerprint density at radius 1 is 1.34 bits per heavy atom. The van der Waals surface area contributed by atoms with E-state index >= 15 is 0 Å². The minimum atomic E-state index is -0.712. The largest absolute Gasteiger partial charge is 0.496 e. The van der Waals surface area contributed by atoms with Gasteiger partial charge in [0, 0.05) is 37.2 Å². The van der Waals surface area contributed by atoms with E-state index < -0.39 is 6.10 Å². The summed E-state index contributed by atoms with van der Waals surface area (Å²) in [6, 6.07) is 3.90. The standard InChI is InChI=1S/C19H24N4O4S2/c1-11(24)23(12-4-5-12)18-20-22(19(28)29-18)10-21-8-13-15(26-2)6-7-16(27-3)17(13)14(25)9-21/h6-7,12,14,25H,4-5,8-10H2,1-3H3/t14-/m0/s1. The highest BCUT2D eigenvalue weighted by Crippen LogP contribution is 2.39. The molecule has 1 aliphatic carbocycles. The van der Waals surface area contributed by atoms with E-state index in [1.54, 1.807) is 30.7 Å². The first-order valence-corrected chi connectivity index (χ1v) is 10.7. The molecule has 8 nitrogen and oxygen atoms in total. The average Bonchev–Trinajstić information content (AvgIpc) is 3.44. The first-order chi connectivity index (χ1) is 13.9. The van der Waals surface area contributed by atoms with Crippen LogP contribution in [0.15, 0.2) is 12.1 Å². The molecule has 2 aliphatic rings. The van der Waals surface area contributed by atoms with Crippen molar-refractivity contribution in [2.24, 2.45) is 0 Å². The number of ether oxygens (including phenoxy) is 2. The van der Waals surface area contributed by atoms with E-state index in [0.29, 0.717) is 40.3 Å². The molecule has 2 heterocycles. The maximum atomic E-state index is 12.0. The Kier molecular flexibility index (Phi) is 5.60. The summed E-state index contributed by atoms with van der Waals surface area (Å²) in [6.07, 6.45) is 1.29. The van der Waals surface area contributed by atoms with Gasteiger partial charge in [-0.2, -0.15) is 0 Å². The Morgan fingerprint density at radius 3 is 2.66 bits per heavy atom. The number of carbonyl (C=O) groups is 1. The van der Waals surface area contributed by atoms with Crippen molar-refractivity contribution < 1.29 is 19.4 Å². The number of β-amino-alcohol motifs (C(OH)–C–C–N with tert-alkyl or cyclic N) is 1. The maximum absolute atomic E-state index is 12.0. The fourth-order valence-electron chi connectivity index (χ4n) is 3.80. The van der Waals surface area contributed by atoms with Crippen LogP contribution < -0.4 is 14.4 Å². The Balaban J connectivity index is 1.59. The van der Waals surface area contributed by atoms with Crippen molar-refractivity contribution in [2.45, 2.75) is 45.1 Å². The lowest BCUT2D eigenvalue weighted by Crippen LogP contribution is -2.36. The van der Waals surface area contributed by atoms with Crippen molar-refractivity contribution in [2.75, 3.05) is 25.7 Å². The molecule has 1 aliphatic heterocycles. The van der Waals surface area contributed by atoms with Crippen LogP contribution in [0.5, 0.6) is 11.5 Å². The molecule has 1 saturated carbocycles. The molecule has 1 aromatic heterocycles. The van der Waals surface area contributed by atoms with Gasteiger partial charge in [0.1, 0.15) is 11.5 Å². The third kappa shape index (κ3) is 3.89. The van der Waals surface area contributed by atoms with Gasteiger partial charge < -0.3 is 14.6 Å². The summed E-state index contributed by atoms with van der Waals surface area (Å²) < 4.78 is 13.3. The summed E-state index contributed by atoms with van der Waals surface area (Å²) in [5.41, 5.74) is 1.66. The zero-order chi connectivity index (χ0) is 20.7. The zero-order valence-electron chi connectivity index (χ0n) is 16.6. The molecule has 0 spiro atoms. The van der Waals surface area contributed by atoms with Gasteiger partial charge in [0.2, 0.25) is 11.0 Å². The molecule has 0 saturated heterocycles. The maximum Gasteiger partial charge on any atom is 0.225 e. The topological polar surface area (TPSA) is 80.1 Å². The van der Waals surface area contributed by atoms with Gasteiger partial charge in [-0.3, -0.25) is 14.6 Å². The Labute approximate surface area is 178 Å². The van der Waals surface area contributed by atoms with E-state index in [-0.39, 0.29) is 11.9 Å². The fraction of sp³-hybridized carbons (Fsp3) is 0.526. The quantitative estimate of drug-likeness (QED) is 0.698. The van der Waals surface area contributed by atoms with Crippen LogP contribution >= 0.6 is 23.6 Å². The third-order valence-corrected chi connectivity index (χ3v) is 6.55. The molecule has 1 fully saturated rings. The lowest BCUT2D eigenvalue weighted by molar-refractivity contribution is -0.116. The van der Waals surface area contributed by atoms with Gasteiger partial charge >= 0.3 is 0 Å². The number of amides is 1. The predicted molar refractivity (Wildman–Crippen MR) is 112 cm³/mol. The van der Waals surface area contributed by atoms with Gasteiger partial charge in [0.15, 0.2) is 3.95 Å². The molecule has 1 amide bonds. The molecule has 2 aromatic rings. The van der Waals surface area contributed by atoms with E-state index in [2.05, 4.69) is 10.00 Å². The number of benzene rings is 1. The number of fused-ring (bicyclic) bond motifs is 1. The van der Waals surface area contributed by atoms with Gasteiger partial charge in [0.05, 0.1) is 27.0 Å². The summed E-state index contributed by atoms with van der Waals surface area (Å²) in [5.74, 6) is 1.35. The number of carbonyl (C=O) groups excluding carboxylic acids is 1. The fourth-order valence-corrected chi connectivity index (χ4v) is 5.00. The third-order valence-electron chi connectivity index (χ3n) is 5.25. The Morgan fingerprint density at radius 2 is 2.03 bits per heavy atom. The number of methoxy groups -OCH3 is 2. The van der Waals surface area contributed by atoms with E-state index in [1.165, 1.54) is 11.3 Å². The van der Waals surface area contributed by atoms with Crippen LogP contribution in [0.2, 0.25) is 0 Å². The second kappa shape index (κ2) is 8.02. The van der Waals surface area contributed by atoms with Crippen LogP contribution in [0, 0.1) is 3.95 Å². The van der Waals surface area contributed by atoms with Crippen molar-refractivity contribution in [3.63, 3.8) is 0 Å². The van der Waals surface area contributed by atoms with E-state index in [1.807, 2.05) is 12.1 Å². The van der Waals surface area contributed by atoms with E-state index in [0.717, 1.165) is 24.0 Å². The summed E-state index contributed by atoms with van der Waals surface area (Å²) in [4.78, 5) is 15.8. The summed E-state index contributed by atoms with van der Waals surface area (Å²) in [7, 11) is 3.21. The van der Waals surface area contributed by atoms with Gasteiger partial charge in [-0.1, -0.05) is 11.3 Å². The molecule has 156 valence electrons. The Bertz CT molecular complexity index is 985. The lowest BCUT2D eigenvalue weighted by atomic mass is 9.95. The van der Waals surface area contributed by atoms with Crippen LogP contribution in [0.25, 0.3) is 0 Å². The van der Waals surface area contributed by atoms with Crippen LogP contribution in [-0.2, 0) is 18.0 Å². The molecule has 1 N–H and O–H groups in total. The van der Waals surface area contributed by atoms with Crippen LogP contribution in [0.4, 0.5) is 5.13 Å². The van der Waals surface area contributed by atoms with Crippen molar-refractivity contribution in [1.82, 2.24) is 14.7 Å². The number of anilines is 1. The van der Waals surface area contributed by atoms with Crippen molar-refractivity contribution in [1.29, 1.82) is 0 Å². The van der Waals surface area contributed by atoms with Crippen molar-refractivity contribution in [3.05, 3.63) is 27.2 Å². The minimum absolute atomic E-state index is 0.0115. The molecule has 4 rings (SSSR count). The molecule has 10 heteroatoms. The number of nitrogens with zero attached hydrogens (tertiary/aromatic N) is 4. The number of rotatable bonds is 6. The van der Waals surface area contributed by atoms with E-state index in [4.69, 9.17) is 21.7 Å². The second-order valence-corrected chi connectivity index (χ2v) is 8.90. The highest BCUT2D eigenvalue weighted by atomic mass is 32.1. The molecule has 1 aromatic carbocycles. The van der Waals surface area contributed by atoms with Crippen molar-refractivity contribution >= 4 is 34.6 Å². The number of hydrogen-bond acceptors (Lipinski definition) is 8. The number of hydrogen-bond donors (Lipinski definition) is 1. The molecule has 29 heavy (non-hydrogen) atoms. The SMILES string of the molecule is COc1ccc(OC)c2c1CN(Cn1nc(N(C(C)=O)C3CC3)sc1=S)C[C@@H]2O. The molecular weight excluding hydrogens is 412 g/mol. The summed E-state index contributed by atoms with van der Waals surface area (Å²) in [6.45, 7) is 2.97. The molecular formula is C19H24N4O4S2. The van der Waals surface area contributed by atoms with Crippen LogP contribution in [-0.4, -0.2) is 52.5 Å². The monoisotopic (exact) mass is 436 g/mol. The molecule has 0 radical (unpaired) electrons. The number of aliphatic hydroxyl groups is 1. The van der Waals surface area contributed by atoms with Gasteiger partial charge in [-0.15, -0.1) is 5.10 Å². The second-order valence-electron chi connectivity index (χ2n) is 7.30.